The van der Waals surface area contributed by atoms with Gasteiger partial charge in [-0.05, 0) is 44.2 Å². The number of aliphatic imine (C=N–C) groups is 1. The molecule has 30 heavy (non-hydrogen) atoms. The summed E-state index contributed by atoms with van der Waals surface area (Å²) in [5, 5.41) is 14.0. The number of halogens is 1. The van der Waals surface area contributed by atoms with Gasteiger partial charge in [0.25, 0.3) is 5.56 Å². The summed E-state index contributed by atoms with van der Waals surface area (Å²) in [7, 11) is 3.58. The summed E-state index contributed by atoms with van der Waals surface area (Å²) < 4.78 is 14.8. The summed E-state index contributed by atoms with van der Waals surface area (Å²) in [5.74, 6) is -0.259. The molecule has 0 aliphatic heterocycles. The van der Waals surface area contributed by atoms with E-state index in [1.165, 1.54) is 35.3 Å². The Bertz CT molecular complexity index is 1190. The fourth-order valence-corrected chi connectivity index (χ4v) is 2.67. The summed E-state index contributed by atoms with van der Waals surface area (Å²) >= 11 is 0. The van der Waals surface area contributed by atoms with Gasteiger partial charge in [0.2, 0.25) is 0 Å². The Hall–Kier alpha value is -3.93. The highest BCUT2D eigenvalue weighted by Crippen LogP contribution is 2.31. The molecule has 3 rings (SSSR count). The van der Waals surface area contributed by atoms with E-state index in [1.807, 2.05) is 19.9 Å². The van der Waals surface area contributed by atoms with Gasteiger partial charge < -0.3 is 4.90 Å². The van der Waals surface area contributed by atoms with E-state index in [4.69, 9.17) is 0 Å². The minimum absolute atomic E-state index is 0.0121. The van der Waals surface area contributed by atoms with Crippen LogP contribution in [0.3, 0.4) is 0 Å². The molecule has 0 unspecified atom stereocenters. The predicted octanol–water partition coefficient (Wildman–Crippen LogP) is 3.18. The highest BCUT2D eigenvalue weighted by Gasteiger charge is 2.19. The van der Waals surface area contributed by atoms with Gasteiger partial charge in [0.1, 0.15) is 29.0 Å². The number of benzene rings is 1. The van der Waals surface area contributed by atoms with E-state index in [1.54, 1.807) is 31.1 Å². The zero-order valence-corrected chi connectivity index (χ0v) is 17.0. The van der Waals surface area contributed by atoms with Crippen LogP contribution in [-0.4, -0.2) is 45.1 Å². The third-order valence-corrected chi connectivity index (χ3v) is 4.07. The molecule has 152 valence electrons. The molecule has 0 amide bonds. The molecule has 0 N–H and O–H groups in total. The van der Waals surface area contributed by atoms with Crippen molar-refractivity contribution < 1.29 is 4.39 Å². The first-order valence-electron chi connectivity index (χ1n) is 9.19. The van der Waals surface area contributed by atoms with Crippen LogP contribution in [0.15, 0.2) is 46.2 Å². The number of rotatable bonds is 5. The molecule has 0 atom stereocenters. The quantitative estimate of drug-likeness (QED) is 0.477. The molecule has 0 aliphatic carbocycles. The van der Waals surface area contributed by atoms with Gasteiger partial charge in [0.15, 0.2) is 11.5 Å². The third kappa shape index (κ3) is 4.38. The number of hydrogen-bond donors (Lipinski definition) is 0. The highest BCUT2D eigenvalue weighted by atomic mass is 19.1. The van der Waals surface area contributed by atoms with Gasteiger partial charge in [-0.3, -0.25) is 4.79 Å². The van der Waals surface area contributed by atoms with Crippen LogP contribution < -0.4 is 5.56 Å². The van der Waals surface area contributed by atoms with E-state index in [0.29, 0.717) is 22.6 Å². The molecule has 0 aliphatic rings. The minimum atomic E-state index is -0.390. The van der Waals surface area contributed by atoms with Crippen molar-refractivity contribution in [3.8, 4) is 28.7 Å². The van der Waals surface area contributed by atoms with E-state index < -0.39 is 0 Å². The molecule has 8 nitrogen and oxygen atoms in total. The first kappa shape index (κ1) is 20.8. The lowest BCUT2D eigenvalue weighted by Gasteiger charge is -2.13. The van der Waals surface area contributed by atoms with Crippen molar-refractivity contribution in [1.29, 1.82) is 5.26 Å². The smallest absolute Gasteiger partial charge is 0.267 e. The Balaban J connectivity index is 2.31. The predicted molar refractivity (Wildman–Crippen MR) is 112 cm³/mol. The van der Waals surface area contributed by atoms with Gasteiger partial charge in [-0.1, -0.05) is 0 Å². The van der Waals surface area contributed by atoms with Crippen molar-refractivity contribution >= 4 is 12.2 Å². The molecule has 3 aromatic rings. The Morgan fingerprint density at radius 1 is 1.13 bits per heavy atom. The molecule has 0 fully saturated rings. The SMILES string of the molecule is CC(C)n1nc(-c2nc(C#N)c(N=CN(C)C)nc2-c2ccc(F)cc2)ccc1=O. The average Bonchev–Trinajstić information content (AvgIpc) is 2.72. The normalized spacial score (nSPS) is 11.1. The van der Waals surface area contributed by atoms with Crippen LogP contribution >= 0.6 is 0 Å². The monoisotopic (exact) mass is 405 g/mol. The maximum atomic E-state index is 13.5. The van der Waals surface area contributed by atoms with Crippen LogP contribution in [0.2, 0.25) is 0 Å². The number of hydrogen-bond acceptors (Lipinski definition) is 6. The molecule has 0 saturated heterocycles. The largest absolute Gasteiger partial charge is 0.369 e. The van der Waals surface area contributed by atoms with Crippen molar-refractivity contribution in [2.45, 2.75) is 19.9 Å². The second-order valence-electron chi connectivity index (χ2n) is 7.02. The van der Waals surface area contributed by atoms with Crippen molar-refractivity contribution in [3.05, 3.63) is 58.3 Å². The standard InChI is InChI=1S/C21H20FN7O/c1-13(2)29-18(30)10-9-16(27-29)20-19(14-5-7-15(22)8-6-14)26-21(17(11-23)25-20)24-12-28(3)4/h5-10,12-13H,1-4H3. The van der Waals surface area contributed by atoms with Gasteiger partial charge in [-0.25, -0.2) is 24.0 Å². The van der Waals surface area contributed by atoms with Gasteiger partial charge in [0.05, 0.1) is 12.4 Å². The molecule has 0 spiro atoms. The Morgan fingerprint density at radius 3 is 2.43 bits per heavy atom. The summed E-state index contributed by atoms with van der Waals surface area (Å²) in [6.07, 6.45) is 1.51. The lowest BCUT2D eigenvalue weighted by atomic mass is 10.1. The summed E-state index contributed by atoms with van der Waals surface area (Å²) in [4.78, 5) is 27.0. The first-order chi connectivity index (χ1) is 14.3. The van der Waals surface area contributed by atoms with Gasteiger partial charge in [-0.2, -0.15) is 10.4 Å². The molecule has 2 heterocycles. The summed E-state index contributed by atoms with van der Waals surface area (Å²) in [6.45, 7) is 3.68. The summed E-state index contributed by atoms with van der Waals surface area (Å²) in [5.41, 5.74) is 1.39. The highest BCUT2D eigenvalue weighted by molar-refractivity contribution is 5.78. The molecular weight excluding hydrogens is 385 g/mol. The van der Waals surface area contributed by atoms with Crippen LogP contribution in [0.1, 0.15) is 25.6 Å². The topological polar surface area (TPSA) is 100 Å². The first-order valence-corrected chi connectivity index (χ1v) is 9.19. The molecular formula is C21H20FN7O. The molecule has 0 bridgehead atoms. The van der Waals surface area contributed by atoms with E-state index in [2.05, 4.69) is 20.1 Å². The second-order valence-corrected chi connectivity index (χ2v) is 7.02. The molecule has 9 heteroatoms. The number of nitrogens with zero attached hydrogens (tertiary/aromatic N) is 7. The second kappa shape index (κ2) is 8.61. The Morgan fingerprint density at radius 2 is 1.83 bits per heavy atom. The maximum absolute atomic E-state index is 13.5. The minimum Gasteiger partial charge on any atom is -0.369 e. The number of nitriles is 1. The van der Waals surface area contributed by atoms with Gasteiger partial charge in [-0.15, -0.1) is 0 Å². The zero-order valence-electron chi connectivity index (χ0n) is 17.0. The van der Waals surface area contributed by atoms with Crippen LogP contribution in [0.25, 0.3) is 22.6 Å². The number of aromatic nitrogens is 4. The molecule has 1 aromatic carbocycles. The van der Waals surface area contributed by atoms with Crippen LogP contribution in [0, 0.1) is 17.1 Å². The molecule has 0 saturated carbocycles. The van der Waals surface area contributed by atoms with Crippen LogP contribution in [0.5, 0.6) is 0 Å². The maximum Gasteiger partial charge on any atom is 0.267 e. The van der Waals surface area contributed by atoms with Gasteiger partial charge in [0, 0.05) is 25.7 Å². The Labute approximate surface area is 173 Å². The Kier molecular flexibility index (Phi) is 5.97. The lowest BCUT2D eigenvalue weighted by Crippen LogP contribution is -2.24. The van der Waals surface area contributed by atoms with E-state index in [0.717, 1.165) is 0 Å². The van der Waals surface area contributed by atoms with E-state index in [9.17, 15) is 14.4 Å². The van der Waals surface area contributed by atoms with Crippen LogP contribution in [0.4, 0.5) is 10.2 Å². The van der Waals surface area contributed by atoms with E-state index >= 15 is 0 Å². The fraction of sp³-hybridized carbons (Fsp3) is 0.238. The fourth-order valence-electron chi connectivity index (χ4n) is 2.67. The van der Waals surface area contributed by atoms with Gasteiger partial charge >= 0.3 is 0 Å². The van der Waals surface area contributed by atoms with Crippen molar-refractivity contribution in [2.75, 3.05) is 14.1 Å². The summed E-state index contributed by atoms with van der Waals surface area (Å²) in [6, 6.07) is 10.5. The van der Waals surface area contributed by atoms with E-state index in [-0.39, 0.29) is 28.9 Å². The molecule has 2 aromatic heterocycles. The third-order valence-electron chi connectivity index (χ3n) is 4.07. The van der Waals surface area contributed by atoms with Crippen molar-refractivity contribution in [2.24, 2.45) is 4.99 Å². The van der Waals surface area contributed by atoms with Crippen LogP contribution in [-0.2, 0) is 0 Å². The molecule has 0 radical (unpaired) electrons. The van der Waals surface area contributed by atoms with Crippen molar-refractivity contribution in [1.82, 2.24) is 24.6 Å². The zero-order chi connectivity index (χ0) is 21.8. The average molecular weight is 405 g/mol. The lowest BCUT2D eigenvalue weighted by molar-refractivity contribution is 0.504. The van der Waals surface area contributed by atoms with Crippen molar-refractivity contribution in [3.63, 3.8) is 0 Å².